The third kappa shape index (κ3) is 4.38. The van der Waals surface area contributed by atoms with E-state index in [1.807, 2.05) is 46.7 Å². The van der Waals surface area contributed by atoms with Crippen LogP contribution in [0.5, 0.6) is 0 Å². The van der Waals surface area contributed by atoms with Crippen LogP contribution in [-0.2, 0) is 17.8 Å². The number of furan rings is 1. The Labute approximate surface area is 201 Å². The summed E-state index contributed by atoms with van der Waals surface area (Å²) in [5, 5.41) is 3.35. The largest absolute Gasteiger partial charge is 0.463 e. The molecule has 34 heavy (non-hydrogen) atoms. The molecule has 5 rings (SSSR count). The third-order valence-corrected chi connectivity index (χ3v) is 7.67. The average molecular weight is 462 g/mol. The molecule has 0 saturated heterocycles. The van der Waals surface area contributed by atoms with Crippen molar-refractivity contribution < 1.29 is 14.0 Å². The van der Waals surface area contributed by atoms with Crippen LogP contribution in [0.4, 0.5) is 0 Å². The molecule has 2 amide bonds. The molecular formula is C28H35N3O3. The van der Waals surface area contributed by atoms with Crippen LogP contribution >= 0.6 is 0 Å². The number of rotatable bonds is 6. The van der Waals surface area contributed by atoms with Crippen molar-refractivity contribution >= 4 is 22.9 Å². The summed E-state index contributed by atoms with van der Waals surface area (Å²) in [6.45, 7) is 2.90. The van der Waals surface area contributed by atoms with Gasteiger partial charge in [-0.25, -0.2) is 0 Å². The first-order valence-electron chi connectivity index (χ1n) is 12.8. The Morgan fingerprint density at radius 2 is 1.82 bits per heavy atom. The summed E-state index contributed by atoms with van der Waals surface area (Å²) in [6, 6.07) is 14.2. The fraction of sp³-hybridized carbons (Fsp3) is 0.500. The molecule has 1 saturated carbocycles. The maximum absolute atomic E-state index is 13.8. The Morgan fingerprint density at radius 1 is 1.09 bits per heavy atom. The van der Waals surface area contributed by atoms with E-state index >= 15 is 0 Å². The third-order valence-electron chi connectivity index (χ3n) is 7.67. The molecule has 0 unspecified atom stereocenters. The van der Waals surface area contributed by atoms with Crippen molar-refractivity contribution in [2.75, 3.05) is 6.54 Å². The van der Waals surface area contributed by atoms with E-state index in [-0.39, 0.29) is 17.9 Å². The van der Waals surface area contributed by atoms with Gasteiger partial charge in [0.25, 0.3) is 5.91 Å². The van der Waals surface area contributed by atoms with E-state index in [0.29, 0.717) is 24.4 Å². The van der Waals surface area contributed by atoms with Gasteiger partial charge in [0.1, 0.15) is 11.2 Å². The van der Waals surface area contributed by atoms with Crippen LogP contribution in [-0.4, -0.2) is 39.4 Å². The first-order valence-corrected chi connectivity index (χ1v) is 12.8. The lowest BCUT2D eigenvalue weighted by Gasteiger charge is -2.44. The number of hydrogen-bond donors (Lipinski definition) is 1. The minimum Gasteiger partial charge on any atom is -0.463 e. The molecule has 2 aliphatic rings. The molecule has 3 heterocycles. The Bertz CT molecular complexity index is 1140. The molecule has 6 heteroatoms. The first-order chi connectivity index (χ1) is 16.6. The number of aryl methyl sites for hydroxylation is 1. The van der Waals surface area contributed by atoms with Gasteiger partial charge in [-0.3, -0.25) is 9.59 Å². The van der Waals surface area contributed by atoms with Crippen molar-refractivity contribution in [3.05, 3.63) is 60.0 Å². The minimum absolute atomic E-state index is 0.0397. The number of hydrogen-bond acceptors (Lipinski definition) is 3. The maximum Gasteiger partial charge on any atom is 0.271 e. The summed E-state index contributed by atoms with van der Waals surface area (Å²) in [7, 11) is 0. The van der Waals surface area contributed by atoms with Crippen LogP contribution in [0.1, 0.15) is 74.3 Å². The van der Waals surface area contributed by atoms with Gasteiger partial charge in [0.05, 0.1) is 18.3 Å². The van der Waals surface area contributed by atoms with Crippen LogP contribution in [0, 0.1) is 0 Å². The van der Waals surface area contributed by atoms with Gasteiger partial charge in [-0.1, -0.05) is 62.4 Å². The van der Waals surface area contributed by atoms with E-state index < -0.39 is 5.54 Å². The number of fused-ring (bicyclic) bond motifs is 3. The summed E-state index contributed by atoms with van der Waals surface area (Å²) < 4.78 is 7.54. The van der Waals surface area contributed by atoms with Crippen molar-refractivity contribution in [1.82, 2.24) is 14.8 Å². The van der Waals surface area contributed by atoms with Crippen LogP contribution in [0.2, 0.25) is 0 Å². The van der Waals surface area contributed by atoms with E-state index in [9.17, 15) is 9.59 Å². The van der Waals surface area contributed by atoms with Gasteiger partial charge in [0, 0.05) is 24.7 Å². The smallest absolute Gasteiger partial charge is 0.271 e. The Kier molecular flexibility index (Phi) is 6.48. The highest BCUT2D eigenvalue weighted by atomic mass is 16.3. The lowest BCUT2D eigenvalue weighted by Crippen LogP contribution is -2.65. The first kappa shape index (κ1) is 22.8. The van der Waals surface area contributed by atoms with Crippen LogP contribution < -0.4 is 5.32 Å². The molecule has 0 spiro atoms. The lowest BCUT2D eigenvalue weighted by molar-refractivity contribution is -0.133. The number of benzene rings is 1. The predicted molar refractivity (Wildman–Crippen MR) is 133 cm³/mol. The molecule has 180 valence electrons. The number of aromatic nitrogens is 1. The summed E-state index contributed by atoms with van der Waals surface area (Å²) in [5.41, 5.74) is 2.46. The van der Waals surface area contributed by atoms with E-state index in [0.717, 1.165) is 44.0 Å². The molecule has 3 aromatic rings. The van der Waals surface area contributed by atoms with Crippen molar-refractivity contribution in [2.24, 2.45) is 0 Å². The van der Waals surface area contributed by atoms with Crippen molar-refractivity contribution in [2.45, 2.75) is 82.8 Å². The van der Waals surface area contributed by atoms with Gasteiger partial charge in [0.15, 0.2) is 5.58 Å². The summed E-state index contributed by atoms with van der Waals surface area (Å²) in [5.74, 6) is -0.136. The van der Waals surface area contributed by atoms with Crippen LogP contribution in [0.25, 0.3) is 11.1 Å². The molecule has 0 bridgehead atoms. The maximum atomic E-state index is 13.8. The zero-order valence-corrected chi connectivity index (χ0v) is 20.1. The van der Waals surface area contributed by atoms with Crippen molar-refractivity contribution in [1.29, 1.82) is 0 Å². The van der Waals surface area contributed by atoms with Crippen LogP contribution in [0.15, 0.2) is 53.1 Å². The fourth-order valence-electron chi connectivity index (χ4n) is 5.65. The number of carbonyl (C=O) groups excluding carboxylic acids is 2. The standard InChI is InChI=1S/C28H35N3O3/c1-28(27(33)29-22-14-8-3-2-4-9-15-22)20-30-23-16-18-34-25(23)19-24(30)26(32)31(28)17-10-13-21-11-6-5-7-12-21/h5-7,11-12,16,18-19,22H,2-4,8-10,13-15,17,20H2,1H3,(H,29,33)/t28-/m1/s1. The molecule has 1 aromatic carbocycles. The zero-order chi connectivity index (χ0) is 23.5. The lowest BCUT2D eigenvalue weighted by atomic mass is 9.91. The molecule has 2 aromatic heterocycles. The normalized spacial score (nSPS) is 21.8. The monoisotopic (exact) mass is 461 g/mol. The number of carbonyl (C=O) groups is 2. The summed E-state index contributed by atoms with van der Waals surface area (Å²) >= 11 is 0. The molecule has 1 aliphatic heterocycles. The second-order valence-electron chi connectivity index (χ2n) is 10.1. The Balaban J connectivity index is 1.40. The molecule has 1 N–H and O–H groups in total. The second kappa shape index (κ2) is 9.69. The predicted octanol–water partition coefficient (Wildman–Crippen LogP) is 5.31. The average Bonchev–Trinajstić information content (AvgIpc) is 3.41. The van der Waals surface area contributed by atoms with Gasteiger partial charge in [-0.2, -0.15) is 0 Å². The fourth-order valence-corrected chi connectivity index (χ4v) is 5.65. The molecular weight excluding hydrogens is 426 g/mol. The quantitative estimate of drug-likeness (QED) is 0.541. The summed E-state index contributed by atoms with van der Waals surface area (Å²) in [4.78, 5) is 29.4. The Morgan fingerprint density at radius 3 is 2.59 bits per heavy atom. The molecule has 1 aliphatic carbocycles. The van der Waals surface area contributed by atoms with Crippen molar-refractivity contribution in [3.63, 3.8) is 0 Å². The van der Waals surface area contributed by atoms with Crippen LogP contribution in [0.3, 0.4) is 0 Å². The van der Waals surface area contributed by atoms with Gasteiger partial charge in [-0.15, -0.1) is 0 Å². The minimum atomic E-state index is -0.952. The molecule has 1 atom stereocenters. The molecule has 0 radical (unpaired) electrons. The van der Waals surface area contributed by atoms with E-state index in [4.69, 9.17) is 4.42 Å². The van der Waals surface area contributed by atoms with E-state index in [1.54, 1.807) is 6.26 Å². The van der Waals surface area contributed by atoms with Gasteiger partial charge in [-0.05, 0) is 38.2 Å². The Hall–Kier alpha value is -3.02. The molecule has 6 nitrogen and oxygen atoms in total. The topological polar surface area (TPSA) is 67.5 Å². The van der Waals surface area contributed by atoms with E-state index in [2.05, 4.69) is 17.4 Å². The van der Waals surface area contributed by atoms with E-state index in [1.165, 1.54) is 24.8 Å². The molecule has 1 fully saturated rings. The van der Waals surface area contributed by atoms with Gasteiger partial charge >= 0.3 is 0 Å². The number of amides is 2. The zero-order valence-electron chi connectivity index (χ0n) is 20.1. The second-order valence-corrected chi connectivity index (χ2v) is 10.1. The van der Waals surface area contributed by atoms with Crippen molar-refractivity contribution in [3.8, 4) is 0 Å². The highest BCUT2D eigenvalue weighted by Gasteiger charge is 2.48. The van der Waals surface area contributed by atoms with Gasteiger partial charge < -0.3 is 19.2 Å². The highest BCUT2D eigenvalue weighted by Crippen LogP contribution is 2.33. The number of nitrogens with zero attached hydrogens (tertiary/aromatic N) is 2. The number of nitrogens with one attached hydrogen (secondary N) is 1. The van der Waals surface area contributed by atoms with Gasteiger partial charge in [0.2, 0.25) is 5.91 Å². The SMILES string of the molecule is C[C@]1(C(=O)NC2CCCCCCC2)Cn2c(cc3occc32)C(=O)N1CCCc1ccccc1. The summed E-state index contributed by atoms with van der Waals surface area (Å²) in [6.07, 6.45) is 11.4. The highest BCUT2D eigenvalue weighted by molar-refractivity contribution is 6.02.